The van der Waals surface area contributed by atoms with Crippen molar-refractivity contribution in [2.24, 2.45) is 4.99 Å². The van der Waals surface area contributed by atoms with Gasteiger partial charge < -0.3 is 15.5 Å². The van der Waals surface area contributed by atoms with E-state index < -0.39 is 5.54 Å². The van der Waals surface area contributed by atoms with Crippen LogP contribution in [0.25, 0.3) is 0 Å². The molecule has 2 aliphatic rings. The van der Waals surface area contributed by atoms with Crippen molar-refractivity contribution in [3.8, 4) is 12.3 Å². The Bertz CT molecular complexity index is 1200. The second-order valence-electron chi connectivity index (χ2n) is 10.1. The van der Waals surface area contributed by atoms with Gasteiger partial charge in [0.25, 0.3) is 0 Å². The predicted molar refractivity (Wildman–Crippen MR) is 161 cm³/mol. The van der Waals surface area contributed by atoms with Gasteiger partial charge in [-0.2, -0.15) is 0 Å². The molecular formula is C30H35Cl3N4O. The van der Waals surface area contributed by atoms with E-state index in [0.717, 1.165) is 67.7 Å². The number of unbranched alkanes of at least 4 members (excludes halogenated alkanes) is 6. The summed E-state index contributed by atoms with van der Waals surface area (Å²) in [6, 6.07) is 11.4. The average Bonchev–Trinajstić information content (AvgIpc) is 2.90. The third-order valence-corrected chi connectivity index (χ3v) is 8.34. The summed E-state index contributed by atoms with van der Waals surface area (Å²) in [7, 11) is 0. The third kappa shape index (κ3) is 7.38. The van der Waals surface area contributed by atoms with Crippen LogP contribution in [0, 0.1) is 12.3 Å². The monoisotopic (exact) mass is 572 g/mol. The summed E-state index contributed by atoms with van der Waals surface area (Å²) in [5, 5.41) is 8.90. The van der Waals surface area contributed by atoms with Crippen molar-refractivity contribution in [3.05, 3.63) is 57.0 Å². The highest BCUT2D eigenvalue weighted by molar-refractivity contribution is 6.42. The summed E-state index contributed by atoms with van der Waals surface area (Å²) < 4.78 is 0. The van der Waals surface area contributed by atoms with Crippen molar-refractivity contribution in [1.82, 2.24) is 4.90 Å². The minimum absolute atomic E-state index is 0.239. The summed E-state index contributed by atoms with van der Waals surface area (Å²) in [5.41, 5.74) is 2.35. The highest BCUT2D eigenvalue weighted by atomic mass is 35.5. The summed E-state index contributed by atoms with van der Waals surface area (Å²) in [6.07, 6.45) is 14.9. The first-order valence-corrected chi connectivity index (χ1v) is 14.6. The van der Waals surface area contributed by atoms with Crippen molar-refractivity contribution in [2.75, 3.05) is 23.7 Å². The van der Waals surface area contributed by atoms with E-state index in [-0.39, 0.29) is 5.91 Å². The number of terminal acetylenes is 1. The predicted octanol–water partition coefficient (Wildman–Crippen LogP) is 8.20. The fourth-order valence-corrected chi connectivity index (χ4v) is 5.72. The van der Waals surface area contributed by atoms with Crippen molar-refractivity contribution in [3.63, 3.8) is 0 Å². The van der Waals surface area contributed by atoms with E-state index in [1.54, 1.807) is 0 Å². The number of hydrogen-bond acceptors (Lipinski definition) is 3. The van der Waals surface area contributed by atoms with Gasteiger partial charge in [-0.3, -0.25) is 9.79 Å². The SMILES string of the molecule is C#CCCCCCCCCC(=O)N1CCC2(CC1)Nc1cc(Cl)c(Cl)cc1NC2=NCc1cccc(Cl)c1. The maximum absolute atomic E-state index is 12.9. The van der Waals surface area contributed by atoms with Crippen molar-refractivity contribution < 1.29 is 4.79 Å². The molecule has 0 aliphatic carbocycles. The molecule has 2 N–H and O–H groups in total. The number of amidine groups is 1. The number of anilines is 2. The Morgan fingerprint density at radius 3 is 2.37 bits per heavy atom. The smallest absolute Gasteiger partial charge is 0.222 e. The lowest BCUT2D eigenvalue weighted by atomic mass is 9.83. The lowest BCUT2D eigenvalue weighted by molar-refractivity contribution is -0.132. The van der Waals surface area contributed by atoms with Gasteiger partial charge in [-0.25, -0.2) is 0 Å². The number of fused-ring (bicyclic) bond motifs is 1. The molecule has 5 nitrogen and oxygen atoms in total. The molecule has 2 aliphatic heterocycles. The van der Waals surface area contributed by atoms with E-state index >= 15 is 0 Å². The van der Waals surface area contributed by atoms with E-state index in [4.69, 9.17) is 46.2 Å². The number of nitrogens with zero attached hydrogens (tertiary/aromatic N) is 2. The van der Waals surface area contributed by atoms with Crippen LogP contribution in [0.1, 0.15) is 69.8 Å². The standard InChI is InChI=1S/C30H35Cl3N4O/c1-2-3-4-5-6-7-8-9-13-28(38)37-16-14-30(15-17-37)29(34-21-22-11-10-12-23(31)18-22)35-26-19-24(32)25(33)20-27(26)36-30/h1,10-12,18-20,36H,3-9,13-17,21H2,(H,34,35). The zero-order chi connectivity index (χ0) is 27.0. The van der Waals surface area contributed by atoms with E-state index in [1.165, 1.54) is 12.8 Å². The van der Waals surface area contributed by atoms with Gasteiger partial charge in [-0.1, -0.05) is 72.6 Å². The Kier molecular flexibility index (Phi) is 10.2. The normalized spacial score (nSPS) is 17.0. The molecule has 1 spiro atoms. The number of likely N-dealkylation sites (tertiary alicyclic amines) is 1. The van der Waals surface area contributed by atoms with Gasteiger partial charge in [0.05, 0.1) is 33.5 Å². The lowest BCUT2D eigenvalue weighted by Gasteiger charge is -2.46. The molecular weight excluding hydrogens is 539 g/mol. The van der Waals surface area contributed by atoms with Crippen molar-refractivity contribution in [2.45, 2.75) is 76.3 Å². The van der Waals surface area contributed by atoms with Crippen LogP contribution in [0.3, 0.4) is 0 Å². The fourth-order valence-electron chi connectivity index (χ4n) is 5.18. The first-order chi connectivity index (χ1) is 18.4. The van der Waals surface area contributed by atoms with Gasteiger partial charge in [0.15, 0.2) is 0 Å². The molecule has 202 valence electrons. The number of hydrogen-bond donors (Lipinski definition) is 2. The zero-order valence-corrected chi connectivity index (χ0v) is 23.9. The molecule has 0 bridgehead atoms. The summed E-state index contributed by atoms with van der Waals surface area (Å²) in [5.74, 6) is 3.78. The van der Waals surface area contributed by atoms with Gasteiger partial charge in [-0.15, -0.1) is 12.3 Å². The maximum Gasteiger partial charge on any atom is 0.222 e. The molecule has 0 saturated carbocycles. The zero-order valence-electron chi connectivity index (χ0n) is 21.7. The number of piperidine rings is 1. The van der Waals surface area contributed by atoms with Gasteiger partial charge in [0.2, 0.25) is 5.91 Å². The molecule has 38 heavy (non-hydrogen) atoms. The van der Waals surface area contributed by atoms with Crippen LogP contribution in [0.5, 0.6) is 0 Å². The Morgan fingerprint density at radius 1 is 0.974 bits per heavy atom. The molecule has 8 heteroatoms. The number of carbonyl (C=O) groups is 1. The Balaban J connectivity index is 1.39. The Labute approximate surface area is 241 Å². The van der Waals surface area contributed by atoms with Crippen LogP contribution < -0.4 is 10.6 Å². The molecule has 2 aromatic rings. The first-order valence-electron chi connectivity index (χ1n) is 13.4. The number of amides is 1. The molecule has 0 aromatic heterocycles. The summed E-state index contributed by atoms with van der Waals surface area (Å²) >= 11 is 18.8. The van der Waals surface area contributed by atoms with Crippen molar-refractivity contribution >= 4 is 57.9 Å². The molecule has 0 radical (unpaired) electrons. The number of rotatable bonds is 10. The molecule has 1 amide bonds. The quantitative estimate of drug-likeness (QED) is 0.222. The third-order valence-electron chi connectivity index (χ3n) is 7.38. The number of carbonyl (C=O) groups excluding carboxylic acids is 1. The van der Waals surface area contributed by atoms with Crippen LogP contribution in [-0.4, -0.2) is 35.3 Å². The first kappa shape index (κ1) is 28.6. The van der Waals surface area contributed by atoms with Crippen LogP contribution in [0.4, 0.5) is 11.4 Å². The van der Waals surface area contributed by atoms with E-state index in [2.05, 4.69) is 16.6 Å². The van der Waals surface area contributed by atoms with E-state index in [9.17, 15) is 4.79 Å². The van der Waals surface area contributed by atoms with Crippen LogP contribution in [0.15, 0.2) is 41.4 Å². The second kappa shape index (κ2) is 13.6. The molecule has 4 rings (SSSR count). The molecule has 0 unspecified atom stereocenters. The highest BCUT2D eigenvalue weighted by Gasteiger charge is 2.43. The van der Waals surface area contributed by atoms with Gasteiger partial charge >= 0.3 is 0 Å². The van der Waals surface area contributed by atoms with Gasteiger partial charge in [0, 0.05) is 31.0 Å². The number of benzene rings is 2. The van der Waals surface area contributed by atoms with Gasteiger partial charge in [-0.05, 0) is 55.5 Å². The Hall–Kier alpha value is -2.39. The molecule has 2 aromatic carbocycles. The second-order valence-corrected chi connectivity index (χ2v) is 11.4. The molecule has 1 fully saturated rings. The van der Waals surface area contributed by atoms with Crippen molar-refractivity contribution in [1.29, 1.82) is 0 Å². The van der Waals surface area contributed by atoms with Crippen LogP contribution in [-0.2, 0) is 11.3 Å². The summed E-state index contributed by atoms with van der Waals surface area (Å²) in [4.78, 5) is 19.9. The minimum Gasteiger partial charge on any atom is -0.371 e. The number of aliphatic imine (C=N–C) groups is 1. The van der Waals surface area contributed by atoms with E-state index in [0.29, 0.717) is 41.1 Å². The largest absolute Gasteiger partial charge is 0.371 e. The topological polar surface area (TPSA) is 56.7 Å². The lowest BCUT2D eigenvalue weighted by Crippen LogP contribution is -2.59. The van der Waals surface area contributed by atoms with Crippen LogP contribution >= 0.6 is 34.8 Å². The minimum atomic E-state index is -0.419. The van der Waals surface area contributed by atoms with Crippen LogP contribution in [0.2, 0.25) is 15.1 Å². The average molecular weight is 574 g/mol. The maximum atomic E-state index is 12.9. The highest BCUT2D eigenvalue weighted by Crippen LogP contribution is 2.41. The van der Waals surface area contributed by atoms with Gasteiger partial charge in [0.1, 0.15) is 5.84 Å². The number of nitrogens with one attached hydrogen (secondary N) is 2. The van der Waals surface area contributed by atoms with E-state index in [1.807, 2.05) is 41.3 Å². The molecule has 1 saturated heterocycles. The number of halogens is 3. The molecule has 0 atom stereocenters. The molecule has 2 heterocycles. The summed E-state index contributed by atoms with van der Waals surface area (Å²) in [6.45, 7) is 1.84. The Morgan fingerprint density at radius 2 is 1.66 bits per heavy atom. The fraction of sp³-hybridized carbons (Fsp3) is 0.467.